The lowest BCUT2D eigenvalue weighted by molar-refractivity contribution is 1.31. The summed E-state index contributed by atoms with van der Waals surface area (Å²) in [5.41, 5.74) is 1.66. The van der Waals surface area contributed by atoms with Crippen LogP contribution in [0.3, 0.4) is 0 Å². The molecule has 0 atom stereocenters. The summed E-state index contributed by atoms with van der Waals surface area (Å²) in [6.07, 6.45) is 1.61. The third-order valence-electron chi connectivity index (χ3n) is 2.49. The van der Waals surface area contributed by atoms with Gasteiger partial charge >= 0.3 is 0 Å². The molecule has 0 N–H and O–H groups in total. The average Bonchev–Trinajstić information content (AvgIpc) is 2.46. The van der Waals surface area contributed by atoms with Crippen LogP contribution in [-0.2, 0) is 0 Å². The van der Waals surface area contributed by atoms with Gasteiger partial charge in [0, 0.05) is 11.8 Å². The van der Waals surface area contributed by atoms with Crippen molar-refractivity contribution in [3.8, 4) is 29.5 Å². The van der Waals surface area contributed by atoms with E-state index in [9.17, 15) is 5.26 Å². The summed E-state index contributed by atoms with van der Waals surface area (Å²) in [5.74, 6) is 0. The van der Waals surface area contributed by atoms with E-state index in [1.54, 1.807) is 30.5 Å². The molecule has 0 saturated heterocycles. The Balaban J connectivity index is 2.77. The highest BCUT2D eigenvalue weighted by Gasteiger charge is 2.14. The molecule has 0 spiro atoms. The summed E-state index contributed by atoms with van der Waals surface area (Å²) in [7, 11) is 0. The first-order chi connectivity index (χ1) is 8.81. The minimum Gasteiger partial charge on any atom is -0.256 e. The van der Waals surface area contributed by atoms with Crippen LogP contribution in [0.1, 0.15) is 16.7 Å². The highest BCUT2D eigenvalue weighted by atomic mass is 14.7. The Labute approximate surface area is 104 Å². The zero-order valence-electron chi connectivity index (χ0n) is 9.25. The van der Waals surface area contributed by atoms with Gasteiger partial charge in [0.05, 0.1) is 22.4 Å². The van der Waals surface area contributed by atoms with E-state index in [1.165, 1.54) is 6.07 Å². The van der Waals surface area contributed by atoms with Crippen molar-refractivity contribution in [1.29, 1.82) is 15.8 Å². The molecule has 2 rings (SSSR count). The lowest BCUT2D eigenvalue weighted by Gasteiger charge is -2.05. The Morgan fingerprint density at radius 1 is 0.833 bits per heavy atom. The van der Waals surface area contributed by atoms with Crippen molar-refractivity contribution < 1.29 is 0 Å². The van der Waals surface area contributed by atoms with Crippen LogP contribution in [-0.4, -0.2) is 4.98 Å². The van der Waals surface area contributed by atoms with Gasteiger partial charge in [0.1, 0.15) is 18.2 Å². The van der Waals surface area contributed by atoms with Gasteiger partial charge < -0.3 is 0 Å². The molecule has 0 saturated carbocycles. The van der Waals surface area contributed by atoms with E-state index >= 15 is 0 Å². The van der Waals surface area contributed by atoms with Crippen LogP contribution >= 0.6 is 0 Å². The maximum atomic E-state index is 9.17. The standard InChI is InChI=1S/C14H6N4/c15-7-10-4-5-11(13(9-17)12(10)8-16)14-3-1-2-6-18-14/h1-6H. The highest BCUT2D eigenvalue weighted by molar-refractivity contribution is 5.73. The monoisotopic (exact) mass is 230 g/mol. The Morgan fingerprint density at radius 2 is 1.61 bits per heavy atom. The van der Waals surface area contributed by atoms with E-state index in [4.69, 9.17) is 10.5 Å². The van der Waals surface area contributed by atoms with Crippen LogP contribution in [0, 0.1) is 34.0 Å². The van der Waals surface area contributed by atoms with E-state index < -0.39 is 0 Å². The number of hydrogen-bond acceptors (Lipinski definition) is 4. The number of pyridine rings is 1. The van der Waals surface area contributed by atoms with Gasteiger partial charge in [0.2, 0.25) is 0 Å². The molecule has 1 heterocycles. The van der Waals surface area contributed by atoms with Gasteiger partial charge in [-0.1, -0.05) is 12.1 Å². The van der Waals surface area contributed by atoms with Gasteiger partial charge in [-0.05, 0) is 18.2 Å². The number of nitrogens with zero attached hydrogens (tertiary/aromatic N) is 4. The Kier molecular flexibility index (Phi) is 3.01. The van der Waals surface area contributed by atoms with E-state index in [0.717, 1.165) is 0 Å². The summed E-state index contributed by atoms with van der Waals surface area (Å²) in [6, 6.07) is 14.3. The molecule has 18 heavy (non-hydrogen) atoms. The Hall–Kier alpha value is -3.16. The molecule has 0 aliphatic carbocycles. The van der Waals surface area contributed by atoms with Crippen LogP contribution in [0.15, 0.2) is 36.5 Å². The van der Waals surface area contributed by atoms with Crippen molar-refractivity contribution in [2.24, 2.45) is 0 Å². The predicted molar refractivity (Wildman–Crippen MR) is 63.8 cm³/mol. The fraction of sp³-hybridized carbons (Fsp3) is 0. The SMILES string of the molecule is N#Cc1ccc(-c2ccccn2)c(C#N)c1C#N. The molecule has 4 heteroatoms. The smallest absolute Gasteiger partial charge is 0.102 e. The summed E-state index contributed by atoms with van der Waals surface area (Å²) < 4.78 is 0. The molecule has 4 nitrogen and oxygen atoms in total. The first-order valence-corrected chi connectivity index (χ1v) is 5.10. The van der Waals surface area contributed by atoms with Crippen molar-refractivity contribution in [2.45, 2.75) is 0 Å². The minimum atomic E-state index is 0.100. The molecular weight excluding hydrogens is 224 g/mol. The zero-order chi connectivity index (χ0) is 13.0. The second-order valence-corrected chi connectivity index (χ2v) is 3.46. The molecule has 0 amide bonds. The minimum absolute atomic E-state index is 0.100. The van der Waals surface area contributed by atoms with Crippen LogP contribution in [0.5, 0.6) is 0 Å². The molecular formula is C14H6N4. The third-order valence-corrected chi connectivity index (χ3v) is 2.49. The molecule has 0 unspecified atom stereocenters. The number of benzene rings is 1. The molecule has 0 aliphatic rings. The maximum absolute atomic E-state index is 9.17. The van der Waals surface area contributed by atoms with Crippen LogP contribution in [0.2, 0.25) is 0 Å². The topological polar surface area (TPSA) is 84.3 Å². The molecule has 0 bridgehead atoms. The van der Waals surface area contributed by atoms with E-state index in [1.807, 2.05) is 18.2 Å². The second-order valence-electron chi connectivity index (χ2n) is 3.46. The molecule has 2 aromatic rings. The number of hydrogen-bond donors (Lipinski definition) is 0. The molecule has 0 fully saturated rings. The summed E-state index contributed by atoms with van der Waals surface area (Å²) >= 11 is 0. The summed E-state index contributed by atoms with van der Waals surface area (Å²) in [5, 5.41) is 27.1. The van der Waals surface area contributed by atoms with E-state index in [-0.39, 0.29) is 16.7 Å². The fourth-order valence-corrected chi connectivity index (χ4v) is 1.66. The Morgan fingerprint density at radius 3 is 2.17 bits per heavy atom. The van der Waals surface area contributed by atoms with Crippen molar-refractivity contribution in [1.82, 2.24) is 4.98 Å². The molecule has 82 valence electrons. The molecule has 1 aromatic carbocycles. The van der Waals surface area contributed by atoms with Crippen molar-refractivity contribution in [2.75, 3.05) is 0 Å². The van der Waals surface area contributed by atoms with Gasteiger partial charge in [-0.15, -0.1) is 0 Å². The first-order valence-electron chi connectivity index (χ1n) is 5.10. The quantitative estimate of drug-likeness (QED) is 0.752. The second kappa shape index (κ2) is 4.78. The fourth-order valence-electron chi connectivity index (χ4n) is 1.66. The van der Waals surface area contributed by atoms with Gasteiger partial charge in [0.25, 0.3) is 0 Å². The number of nitriles is 3. The average molecular weight is 230 g/mol. The predicted octanol–water partition coefficient (Wildman–Crippen LogP) is 2.36. The van der Waals surface area contributed by atoms with Crippen LogP contribution < -0.4 is 0 Å². The van der Waals surface area contributed by atoms with Gasteiger partial charge in [-0.2, -0.15) is 15.8 Å². The van der Waals surface area contributed by atoms with Crippen molar-refractivity contribution in [3.05, 3.63) is 53.2 Å². The summed E-state index contributed by atoms with van der Waals surface area (Å²) in [4.78, 5) is 4.15. The molecule has 0 radical (unpaired) electrons. The van der Waals surface area contributed by atoms with Crippen LogP contribution in [0.4, 0.5) is 0 Å². The highest BCUT2D eigenvalue weighted by Crippen LogP contribution is 2.25. The summed E-state index contributed by atoms with van der Waals surface area (Å²) in [6.45, 7) is 0. The van der Waals surface area contributed by atoms with Crippen LogP contribution in [0.25, 0.3) is 11.3 Å². The first kappa shape index (κ1) is 11.3. The van der Waals surface area contributed by atoms with E-state index in [2.05, 4.69) is 4.98 Å². The number of rotatable bonds is 1. The largest absolute Gasteiger partial charge is 0.256 e. The number of aromatic nitrogens is 1. The molecule has 0 aliphatic heterocycles. The van der Waals surface area contributed by atoms with E-state index in [0.29, 0.717) is 11.3 Å². The van der Waals surface area contributed by atoms with Crippen molar-refractivity contribution in [3.63, 3.8) is 0 Å². The zero-order valence-corrected chi connectivity index (χ0v) is 9.25. The molecule has 1 aromatic heterocycles. The van der Waals surface area contributed by atoms with Gasteiger partial charge in [0.15, 0.2) is 0 Å². The Bertz CT molecular complexity index is 712. The maximum Gasteiger partial charge on any atom is 0.102 e. The van der Waals surface area contributed by atoms with Gasteiger partial charge in [-0.3, -0.25) is 4.98 Å². The normalized spacial score (nSPS) is 8.94. The van der Waals surface area contributed by atoms with Crippen molar-refractivity contribution >= 4 is 0 Å². The lowest BCUT2D eigenvalue weighted by atomic mass is 9.96. The van der Waals surface area contributed by atoms with Gasteiger partial charge in [-0.25, -0.2) is 0 Å². The third kappa shape index (κ3) is 1.78. The lowest BCUT2D eigenvalue weighted by Crippen LogP contribution is -1.95.